The Morgan fingerprint density at radius 3 is 2.89 bits per heavy atom. The van der Waals surface area contributed by atoms with E-state index in [0.29, 0.717) is 6.04 Å². The van der Waals surface area contributed by atoms with Gasteiger partial charge in [-0.1, -0.05) is 13.3 Å². The molecule has 0 amide bonds. The summed E-state index contributed by atoms with van der Waals surface area (Å²) in [5, 5.41) is 12.3. The highest BCUT2D eigenvalue weighted by Gasteiger charge is 2.20. The van der Waals surface area contributed by atoms with Gasteiger partial charge in [0.25, 0.3) is 0 Å². The van der Waals surface area contributed by atoms with Crippen molar-refractivity contribution in [2.45, 2.75) is 64.6 Å². The lowest BCUT2D eigenvalue weighted by Gasteiger charge is -2.21. The normalized spacial score (nSPS) is 18.7. The third-order valence-corrected chi connectivity index (χ3v) is 3.87. The molecule has 108 valence electrons. The van der Waals surface area contributed by atoms with Crippen LogP contribution < -0.4 is 5.32 Å². The molecule has 1 aromatic rings. The molecule has 2 rings (SSSR count). The first-order valence-electron chi connectivity index (χ1n) is 7.43. The van der Waals surface area contributed by atoms with Crippen LogP contribution in [0, 0.1) is 0 Å². The largest absolute Gasteiger partial charge is 0.383 e. The minimum Gasteiger partial charge on any atom is -0.383 e. The Morgan fingerprint density at radius 1 is 1.32 bits per heavy atom. The zero-order valence-corrected chi connectivity index (χ0v) is 12.4. The number of nitrogens with zero attached hydrogens (tertiary/aromatic N) is 3. The summed E-state index contributed by atoms with van der Waals surface area (Å²) in [5.41, 5.74) is 0. The van der Waals surface area contributed by atoms with E-state index < -0.39 is 0 Å². The highest BCUT2D eigenvalue weighted by Crippen LogP contribution is 2.19. The molecule has 0 aromatic carbocycles. The Kier molecular flexibility index (Phi) is 5.34. The van der Waals surface area contributed by atoms with Gasteiger partial charge in [-0.3, -0.25) is 0 Å². The first kappa shape index (κ1) is 14.5. The molecule has 5 nitrogen and oxygen atoms in total. The molecule has 0 saturated heterocycles. The Balaban J connectivity index is 2.06. The van der Waals surface area contributed by atoms with Crippen LogP contribution in [0.4, 0.5) is 0 Å². The fourth-order valence-electron chi connectivity index (χ4n) is 2.74. The van der Waals surface area contributed by atoms with Crippen LogP contribution in [-0.4, -0.2) is 34.5 Å². The minimum absolute atomic E-state index is 0.222. The van der Waals surface area contributed by atoms with Crippen molar-refractivity contribution in [1.29, 1.82) is 0 Å². The number of rotatable bonds is 6. The van der Waals surface area contributed by atoms with Gasteiger partial charge in [0.1, 0.15) is 11.6 Å². The van der Waals surface area contributed by atoms with Crippen molar-refractivity contribution in [3.8, 4) is 0 Å². The maximum absolute atomic E-state index is 5.24. The monoisotopic (exact) mass is 266 g/mol. The first-order valence-corrected chi connectivity index (χ1v) is 7.43. The summed E-state index contributed by atoms with van der Waals surface area (Å²) < 4.78 is 7.55. The average Bonchev–Trinajstić information content (AvgIpc) is 2.67. The number of fused-ring (bicyclic) bond motifs is 1. The quantitative estimate of drug-likeness (QED) is 0.856. The number of hydrogen-bond acceptors (Lipinski definition) is 4. The molecule has 0 saturated carbocycles. The number of aromatic nitrogens is 3. The lowest BCUT2D eigenvalue weighted by Crippen LogP contribution is -2.35. The molecular weight excluding hydrogens is 240 g/mol. The Bertz CT molecular complexity index is 391. The maximum Gasteiger partial charge on any atom is 0.149 e. The molecule has 1 aliphatic rings. The smallest absolute Gasteiger partial charge is 0.149 e. The first-order chi connectivity index (χ1) is 9.26. The molecule has 0 aliphatic carbocycles. The Morgan fingerprint density at radius 2 is 2.16 bits per heavy atom. The molecule has 0 radical (unpaired) electrons. The van der Waals surface area contributed by atoms with E-state index >= 15 is 0 Å². The second kappa shape index (κ2) is 7.01. The zero-order valence-electron chi connectivity index (χ0n) is 12.4. The standard InChI is InChI=1S/C14H26N4O/c1-4-12(10-19-3)15-11(2)14-17-16-13-8-6-5-7-9-18(13)14/h11-12,15H,4-10H2,1-3H3. The summed E-state index contributed by atoms with van der Waals surface area (Å²) in [4.78, 5) is 0. The van der Waals surface area contributed by atoms with Gasteiger partial charge in [-0.15, -0.1) is 10.2 Å². The van der Waals surface area contributed by atoms with Crippen LogP contribution in [0.15, 0.2) is 0 Å². The fraction of sp³-hybridized carbons (Fsp3) is 0.857. The predicted octanol–water partition coefficient (Wildman–Crippen LogP) is 2.08. The third-order valence-electron chi connectivity index (χ3n) is 3.87. The van der Waals surface area contributed by atoms with E-state index in [-0.39, 0.29) is 6.04 Å². The highest BCUT2D eigenvalue weighted by atomic mass is 16.5. The van der Waals surface area contributed by atoms with Gasteiger partial charge in [0.2, 0.25) is 0 Å². The summed E-state index contributed by atoms with van der Waals surface area (Å²) in [6.07, 6.45) is 5.89. The van der Waals surface area contributed by atoms with E-state index in [9.17, 15) is 0 Å². The van der Waals surface area contributed by atoms with Crippen LogP contribution in [0.2, 0.25) is 0 Å². The topological polar surface area (TPSA) is 52.0 Å². The fourth-order valence-corrected chi connectivity index (χ4v) is 2.74. The number of nitrogens with one attached hydrogen (secondary N) is 1. The van der Waals surface area contributed by atoms with Gasteiger partial charge in [-0.25, -0.2) is 0 Å². The zero-order chi connectivity index (χ0) is 13.7. The van der Waals surface area contributed by atoms with Crippen LogP contribution in [0.3, 0.4) is 0 Å². The highest BCUT2D eigenvalue weighted by molar-refractivity contribution is 5.02. The summed E-state index contributed by atoms with van der Waals surface area (Å²) in [6.45, 7) is 6.14. The van der Waals surface area contributed by atoms with E-state index in [1.165, 1.54) is 19.3 Å². The molecule has 1 aliphatic heterocycles. The van der Waals surface area contributed by atoms with Crippen molar-refractivity contribution in [1.82, 2.24) is 20.1 Å². The summed E-state index contributed by atoms with van der Waals surface area (Å²) >= 11 is 0. The number of ether oxygens (including phenoxy) is 1. The lowest BCUT2D eigenvalue weighted by molar-refractivity contribution is 0.158. The molecular formula is C14H26N4O. The Labute approximate surface area is 115 Å². The molecule has 2 heterocycles. The van der Waals surface area contributed by atoms with Gasteiger partial charge in [0.15, 0.2) is 0 Å². The molecule has 0 bridgehead atoms. The van der Waals surface area contributed by atoms with Crippen LogP contribution in [0.1, 0.15) is 57.2 Å². The van der Waals surface area contributed by atoms with Gasteiger partial charge in [0.05, 0.1) is 12.6 Å². The number of aryl methyl sites for hydroxylation is 1. The van der Waals surface area contributed by atoms with Crippen molar-refractivity contribution in [2.75, 3.05) is 13.7 Å². The van der Waals surface area contributed by atoms with Crippen LogP contribution >= 0.6 is 0 Å². The van der Waals surface area contributed by atoms with Crippen molar-refractivity contribution in [3.05, 3.63) is 11.6 Å². The van der Waals surface area contributed by atoms with Gasteiger partial charge in [-0.2, -0.15) is 0 Å². The second-order valence-electron chi connectivity index (χ2n) is 5.39. The molecule has 1 aromatic heterocycles. The molecule has 1 N–H and O–H groups in total. The molecule has 0 spiro atoms. The molecule has 2 atom stereocenters. The molecule has 0 fully saturated rings. The lowest BCUT2D eigenvalue weighted by atomic mass is 10.2. The van der Waals surface area contributed by atoms with Crippen molar-refractivity contribution in [3.63, 3.8) is 0 Å². The number of hydrogen-bond donors (Lipinski definition) is 1. The minimum atomic E-state index is 0.222. The molecule has 19 heavy (non-hydrogen) atoms. The molecule has 2 unspecified atom stereocenters. The Hall–Kier alpha value is -0.940. The van der Waals surface area contributed by atoms with E-state index in [1.807, 2.05) is 0 Å². The predicted molar refractivity (Wildman–Crippen MR) is 75.1 cm³/mol. The van der Waals surface area contributed by atoms with E-state index in [0.717, 1.165) is 37.6 Å². The van der Waals surface area contributed by atoms with Gasteiger partial charge in [0, 0.05) is 26.1 Å². The van der Waals surface area contributed by atoms with Gasteiger partial charge in [-0.05, 0) is 26.2 Å². The van der Waals surface area contributed by atoms with Gasteiger partial charge >= 0.3 is 0 Å². The SMILES string of the molecule is CCC(COC)NC(C)c1nnc2n1CCCCC2. The van der Waals surface area contributed by atoms with Crippen LogP contribution in [0.25, 0.3) is 0 Å². The third kappa shape index (κ3) is 3.54. The van der Waals surface area contributed by atoms with Crippen molar-refractivity contribution >= 4 is 0 Å². The van der Waals surface area contributed by atoms with E-state index in [2.05, 4.69) is 33.9 Å². The van der Waals surface area contributed by atoms with Crippen LogP contribution in [-0.2, 0) is 17.7 Å². The molecule has 5 heteroatoms. The maximum atomic E-state index is 5.24. The van der Waals surface area contributed by atoms with Crippen molar-refractivity contribution in [2.24, 2.45) is 0 Å². The van der Waals surface area contributed by atoms with Crippen molar-refractivity contribution < 1.29 is 4.74 Å². The summed E-state index contributed by atoms with van der Waals surface area (Å²) in [5.74, 6) is 2.23. The van der Waals surface area contributed by atoms with E-state index in [4.69, 9.17) is 4.74 Å². The summed E-state index contributed by atoms with van der Waals surface area (Å²) in [6, 6.07) is 0.596. The average molecular weight is 266 g/mol. The van der Waals surface area contributed by atoms with Gasteiger partial charge < -0.3 is 14.6 Å². The second-order valence-corrected chi connectivity index (χ2v) is 5.39. The summed E-state index contributed by atoms with van der Waals surface area (Å²) in [7, 11) is 1.75. The van der Waals surface area contributed by atoms with E-state index in [1.54, 1.807) is 7.11 Å². The van der Waals surface area contributed by atoms with Crippen LogP contribution in [0.5, 0.6) is 0 Å². The number of methoxy groups -OCH3 is 1.